The second-order valence-corrected chi connectivity index (χ2v) is 9.61. The van der Waals surface area contributed by atoms with Crippen LogP contribution in [0.15, 0.2) is 43.0 Å². The summed E-state index contributed by atoms with van der Waals surface area (Å²) < 4.78 is 42.3. The topological polar surface area (TPSA) is 154 Å². The number of amides is 1. The number of alkyl halides is 2. The van der Waals surface area contributed by atoms with E-state index < -0.39 is 12.5 Å². The van der Waals surface area contributed by atoms with Gasteiger partial charge < -0.3 is 25.0 Å². The zero-order chi connectivity index (χ0) is 29.2. The number of benzene rings is 1. The van der Waals surface area contributed by atoms with E-state index in [1.165, 1.54) is 21.5 Å². The van der Waals surface area contributed by atoms with Gasteiger partial charge in [0.1, 0.15) is 35.9 Å². The van der Waals surface area contributed by atoms with E-state index >= 15 is 0 Å². The van der Waals surface area contributed by atoms with Gasteiger partial charge in [0, 0.05) is 37.7 Å². The van der Waals surface area contributed by atoms with Crippen LogP contribution in [0.25, 0.3) is 16.9 Å². The second kappa shape index (κ2) is 11.4. The molecular weight excluding hydrogens is 554 g/mol. The summed E-state index contributed by atoms with van der Waals surface area (Å²) in [6, 6.07) is 4.67. The van der Waals surface area contributed by atoms with Gasteiger partial charge in [-0.15, -0.1) is 5.10 Å². The Bertz CT molecular complexity index is 1730. The van der Waals surface area contributed by atoms with Gasteiger partial charge >= 0.3 is 6.61 Å². The SMILES string of the molecule is CN(C)CCn1nnnc1Cn1cc(NC(=O)c2cnn3cccnc23)c(-c2cc3c(cc2OC(F)F)NCCO3)n1. The molecule has 0 fully saturated rings. The van der Waals surface area contributed by atoms with Crippen molar-refractivity contribution in [1.82, 2.24) is 49.5 Å². The Hall–Kier alpha value is -5.19. The van der Waals surface area contributed by atoms with Crippen LogP contribution in [0.3, 0.4) is 0 Å². The average molecular weight is 581 g/mol. The third-order valence-corrected chi connectivity index (χ3v) is 6.43. The van der Waals surface area contributed by atoms with Crippen molar-refractivity contribution in [3.63, 3.8) is 0 Å². The zero-order valence-electron chi connectivity index (χ0n) is 22.6. The van der Waals surface area contributed by atoms with E-state index in [1.807, 2.05) is 19.0 Å². The van der Waals surface area contributed by atoms with Crippen molar-refractivity contribution < 1.29 is 23.0 Å². The lowest BCUT2D eigenvalue weighted by Crippen LogP contribution is -2.21. The summed E-state index contributed by atoms with van der Waals surface area (Å²) in [4.78, 5) is 19.7. The Morgan fingerprint density at radius 3 is 3.02 bits per heavy atom. The van der Waals surface area contributed by atoms with E-state index in [0.29, 0.717) is 49.1 Å². The van der Waals surface area contributed by atoms with Crippen molar-refractivity contribution in [2.75, 3.05) is 44.4 Å². The number of hydrogen-bond acceptors (Lipinski definition) is 11. The van der Waals surface area contributed by atoms with Crippen LogP contribution >= 0.6 is 0 Å². The maximum absolute atomic E-state index is 13.5. The van der Waals surface area contributed by atoms with Gasteiger partial charge in [0.05, 0.1) is 29.7 Å². The minimum atomic E-state index is -3.10. The molecule has 0 saturated heterocycles. The molecule has 0 bridgehead atoms. The molecule has 17 heteroatoms. The molecule has 0 unspecified atom stereocenters. The van der Waals surface area contributed by atoms with Crippen LogP contribution in [0.2, 0.25) is 0 Å². The van der Waals surface area contributed by atoms with Crippen LogP contribution in [0.4, 0.5) is 20.2 Å². The van der Waals surface area contributed by atoms with Crippen LogP contribution in [-0.4, -0.2) is 95.8 Å². The van der Waals surface area contributed by atoms with Crippen LogP contribution in [0.5, 0.6) is 11.5 Å². The molecule has 4 aromatic heterocycles. The van der Waals surface area contributed by atoms with E-state index in [0.717, 1.165) is 0 Å². The first-order valence-electron chi connectivity index (χ1n) is 12.9. The fraction of sp³-hybridized carbons (Fsp3) is 0.320. The molecule has 1 amide bonds. The molecule has 5 heterocycles. The number of likely N-dealkylation sites (N-methyl/N-ethyl adjacent to an activating group) is 1. The fourth-order valence-electron chi connectivity index (χ4n) is 4.46. The van der Waals surface area contributed by atoms with Crippen molar-refractivity contribution in [2.45, 2.75) is 19.7 Å². The van der Waals surface area contributed by atoms with E-state index in [4.69, 9.17) is 9.47 Å². The van der Waals surface area contributed by atoms with E-state index in [9.17, 15) is 13.6 Å². The quantitative estimate of drug-likeness (QED) is 0.249. The summed E-state index contributed by atoms with van der Waals surface area (Å²) in [5.41, 5.74) is 1.65. The summed E-state index contributed by atoms with van der Waals surface area (Å²) in [5.74, 6) is 0.283. The summed E-state index contributed by atoms with van der Waals surface area (Å²) in [6.07, 6.45) is 6.18. The van der Waals surface area contributed by atoms with E-state index in [-0.39, 0.29) is 34.8 Å². The number of carbonyl (C=O) groups is 1. The maximum Gasteiger partial charge on any atom is 0.387 e. The average Bonchev–Trinajstić information content (AvgIpc) is 3.70. The molecule has 1 aliphatic rings. The summed E-state index contributed by atoms with van der Waals surface area (Å²) in [7, 11) is 3.88. The highest BCUT2D eigenvalue weighted by Crippen LogP contribution is 2.42. The second-order valence-electron chi connectivity index (χ2n) is 9.61. The maximum atomic E-state index is 13.5. The van der Waals surface area contributed by atoms with Crippen LogP contribution in [0.1, 0.15) is 16.2 Å². The third-order valence-electron chi connectivity index (χ3n) is 6.43. The van der Waals surface area contributed by atoms with Gasteiger partial charge in [0.25, 0.3) is 5.91 Å². The van der Waals surface area contributed by atoms with Gasteiger partial charge in [-0.05, 0) is 36.7 Å². The van der Waals surface area contributed by atoms with Crippen LogP contribution in [-0.2, 0) is 13.1 Å². The molecule has 0 radical (unpaired) electrons. The smallest absolute Gasteiger partial charge is 0.387 e. The number of nitrogens with one attached hydrogen (secondary N) is 2. The fourth-order valence-corrected chi connectivity index (χ4v) is 4.46. The predicted octanol–water partition coefficient (Wildman–Crippen LogP) is 1.85. The number of tetrazole rings is 1. The van der Waals surface area contributed by atoms with E-state index in [1.54, 1.807) is 35.4 Å². The molecule has 0 spiro atoms. The lowest BCUT2D eigenvalue weighted by Gasteiger charge is -2.21. The lowest BCUT2D eigenvalue weighted by molar-refractivity contribution is -0.0494. The molecule has 5 aromatic rings. The number of anilines is 2. The van der Waals surface area contributed by atoms with Gasteiger partial charge in [0.15, 0.2) is 11.5 Å². The van der Waals surface area contributed by atoms with Gasteiger partial charge in [-0.2, -0.15) is 19.0 Å². The highest BCUT2D eigenvalue weighted by Gasteiger charge is 2.25. The molecule has 6 rings (SSSR count). The Balaban J connectivity index is 1.41. The minimum Gasteiger partial charge on any atom is -0.490 e. The Kier molecular flexibility index (Phi) is 7.30. The molecule has 0 aliphatic carbocycles. The van der Waals surface area contributed by atoms with Crippen molar-refractivity contribution >= 4 is 22.9 Å². The van der Waals surface area contributed by atoms with Gasteiger partial charge in [0.2, 0.25) is 0 Å². The zero-order valence-corrected chi connectivity index (χ0v) is 22.6. The monoisotopic (exact) mass is 580 g/mol. The molecule has 2 N–H and O–H groups in total. The number of hydrogen-bond donors (Lipinski definition) is 2. The molecule has 42 heavy (non-hydrogen) atoms. The number of halogens is 2. The minimum absolute atomic E-state index is 0.135. The molecule has 0 atom stereocenters. The van der Waals surface area contributed by atoms with Crippen LogP contribution in [0, 0.1) is 0 Å². The highest BCUT2D eigenvalue weighted by atomic mass is 19.3. The molecule has 0 saturated carbocycles. The van der Waals surface area contributed by atoms with Crippen molar-refractivity contribution in [3.05, 3.63) is 54.4 Å². The summed E-state index contributed by atoms with van der Waals surface area (Å²) in [6.45, 7) is -0.831. The predicted molar refractivity (Wildman–Crippen MR) is 145 cm³/mol. The normalized spacial score (nSPS) is 12.8. The Morgan fingerprint density at radius 1 is 1.31 bits per heavy atom. The number of ether oxygens (including phenoxy) is 2. The molecule has 218 valence electrons. The van der Waals surface area contributed by atoms with Gasteiger partial charge in [-0.3, -0.25) is 9.48 Å². The number of rotatable bonds is 10. The third kappa shape index (κ3) is 5.53. The van der Waals surface area contributed by atoms with Crippen molar-refractivity contribution in [1.29, 1.82) is 0 Å². The largest absolute Gasteiger partial charge is 0.490 e. The standard InChI is InChI=1S/C25H26F2N12O3/c1-36(2)7-8-38-21(32-34-35-38)14-37-13-18(31-24(40)16-12-30-39-6-3-4-29-23(16)39)22(33-37)15-10-20-17(28-5-9-41-20)11-19(15)42-25(26)27/h3-4,6,10-13,25,28H,5,7-9,14H2,1-2H3,(H,31,40). The first-order chi connectivity index (χ1) is 20.4. The molecule has 15 nitrogen and oxygen atoms in total. The number of aromatic nitrogens is 9. The number of carbonyl (C=O) groups excluding carboxylic acids is 1. The number of fused-ring (bicyclic) bond motifs is 2. The van der Waals surface area contributed by atoms with Gasteiger partial charge in [-0.1, -0.05) is 0 Å². The van der Waals surface area contributed by atoms with E-state index in [2.05, 4.69) is 41.3 Å². The highest BCUT2D eigenvalue weighted by molar-refractivity contribution is 6.09. The number of nitrogens with zero attached hydrogens (tertiary/aromatic N) is 10. The Labute approximate surface area is 237 Å². The molecule has 1 aromatic carbocycles. The summed E-state index contributed by atoms with van der Waals surface area (Å²) in [5, 5.41) is 26.7. The van der Waals surface area contributed by atoms with Crippen LogP contribution < -0.4 is 20.1 Å². The lowest BCUT2D eigenvalue weighted by atomic mass is 10.1. The van der Waals surface area contributed by atoms with Crippen molar-refractivity contribution in [3.8, 4) is 22.8 Å². The molecular formula is C25H26F2N12O3. The van der Waals surface area contributed by atoms with Gasteiger partial charge in [-0.25, -0.2) is 14.2 Å². The summed E-state index contributed by atoms with van der Waals surface area (Å²) >= 11 is 0. The van der Waals surface area contributed by atoms with Crippen molar-refractivity contribution in [2.24, 2.45) is 0 Å². The first-order valence-corrected chi connectivity index (χ1v) is 12.9. The first kappa shape index (κ1) is 27.0. The Morgan fingerprint density at radius 2 is 2.19 bits per heavy atom. The molecule has 1 aliphatic heterocycles.